The number of rotatable bonds is 4. The summed E-state index contributed by atoms with van der Waals surface area (Å²) in [6.45, 7) is 2.99. The summed E-state index contributed by atoms with van der Waals surface area (Å²) in [5.74, 6) is 3.27. The van der Waals surface area contributed by atoms with Crippen molar-refractivity contribution in [2.45, 2.75) is 63.5 Å². The number of imide groups is 1. The molecule has 1 heterocycles. The van der Waals surface area contributed by atoms with Crippen molar-refractivity contribution in [3.8, 4) is 11.5 Å². The van der Waals surface area contributed by atoms with E-state index in [9.17, 15) is 9.59 Å². The number of carbonyl (C=O) groups is 2. The number of ether oxygens (including phenoxy) is 2. The first-order valence-corrected chi connectivity index (χ1v) is 11.3. The molecule has 4 aliphatic carbocycles. The van der Waals surface area contributed by atoms with Crippen LogP contribution in [0.15, 0.2) is 18.2 Å². The first kappa shape index (κ1) is 19.5. The molecule has 1 aromatic carbocycles. The summed E-state index contributed by atoms with van der Waals surface area (Å²) in [5, 5.41) is 8.88. The summed E-state index contributed by atoms with van der Waals surface area (Å²) in [6, 6.07) is 4.60. The van der Waals surface area contributed by atoms with Crippen molar-refractivity contribution in [2.24, 2.45) is 17.8 Å². The van der Waals surface area contributed by atoms with Gasteiger partial charge in [-0.25, -0.2) is 4.79 Å². The molecule has 4 fully saturated rings. The van der Waals surface area contributed by atoms with Gasteiger partial charge in [-0.3, -0.25) is 10.1 Å². The fraction of sp³-hybridized carbons (Fsp3) is 0.652. The molecule has 7 nitrogen and oxygen atoms in total. The quantitative estimate of drug-likeness (QED) is 0.704. The third kappa shape index (κ3) is 3.94. The highest BCUT2D eigenvalue weighted by atomic mass is 16.5. The maximum absolute atomic E-state index is 12.6. The van der Waals surface area contributed by atoms with E-state index in [-0.39, 0.29) is 17.5 Å². The number of amides is 3. The summed E-state index contributed by atoms with van der Waals surface area (Å²) < 4.78 is 11.3. The van der Waals surface area contributed by atoms with Gasteiger partial charge in [0.2, 0.25) is 5.91 Å². The summed E-state index contributed by atoms with van der Waals surface area (Å²) in [6.07, 6.45) is 7.98. The van der Waals surface area contributed by atoms with E-state index >= 15 is 0 Å². The van der Waals surface area contributed by atoms with Gasteiger partial charge in [-0.15, -0.1) is 0 Å². The highest BCUT2D eigenvalue weighted by molar-refractivity contribution is 5.98. The van der Waals surface area contributed by atoms with Crippen LogP contribution in [0.4, 0.5) is 10.5 Å². The fourth-order valence-corrected chi connectivity index (χ4v) is 6.32. The molecule has 6 rings (SSSR count). The highest BCUT2D eigenvalue weighted by Gasteiger charge is 2.51. The van der Waals surface area contributed by atoms with Crippen LogP contribution in [-0.4, -0.2) is 36.7 Å². The van der Waals surface area contributed by atoms with Crippen LogP contribution in [0.1, 0.15) is 51.9 Å². The van der Waals surface area contributed by atoms with Crippen molar-refractivity contribution in [2.75, 3.05) is 18.5 Å². The van der Waals surface area contributed by atoms with Gasteiger partial charge in [-0.05, 0) is 75.3 Å². The molecule has 4 bridgehead atoms. The molecule has 1 aromatic rings. The zero-order chi connectivity index (χ0) is 20.7. The Kier molecular flexibility index (Phi) is 4.99. The van der Waals surface area contributed by atoms with Gasteiger partial charge in [0.1, 0.15) is 6.04 Å². The van der Waals surface area contributed by atoms with Crippen LogP contribution in [0.25, 0.3) is 0 Å². The van der Waals surface area contributed by atoms with E-state index in [1.807, 2.05) is 18.2 Å². The monoisotopic (exact) mass is 413 g/mol. The Hall–Kier alpha value is -2.44. The SMILES string of the molecule is C[C@@H](Nc1ccc2c(c1)OCCCO2)C(=O)NC(=O)NC12CC3CC(CC(C3)C1)C2. The summed E-state index contributed by atoms with van der Waals surface area (Å²) in [4.78, 5) is 25.2. The average molecular weight is 414 g/mol. The molecule has 0 radical (unpaired) electrons. The van der Waals surface area contributed by atoms with Gasteiger partial charge in [0.05, 0.1) is 13.2 Å². The molecule has 3 amide bonds. The van der Waals surface area contributed by atoms with E-state index in [1.165, 1.54) is 19.3 Å². The summed E-state index contributed by atoms with van der Waals surface area (Å²) in [7, 11) is 0. The molecule has 1 atom stereocenters. The molecule has 3 N–H and O–H groups in total. The lowest BCUT2D eigenvalue weighted by Crippen LogP contribution is -2.62. The zero-order valence-electron chi connectivity index (χ0n) is 17.5. The van der Waals surface area contributed by atoms with Gasteiger partial charge in [0.15, 0.2) is 11.5 Å². The Morgan fingerprint density at radius 3 is 2.30 bits per heavy atom. The Balaban J connectivity index is 1.16. The second kappa shape index (κ2) is 7.67. The number of nitrogens with one attached hydrogen (secondary N) is 3. The van der Waals surface area contributed by atoms with Crippen molar-refractivity contribution >= 4 is 17.6 Å². The second-order valence-corrected chi connectivity index (χ2v) is 9.72. The number of benzene rings is 1. The minimum Gasteiger partial charge on any atom is -0.490 e. The predicted octanol–water partition coefficient (Wildman–Crippen LogP) is 3.44. The van der Waals surface area contributed by atoms with Crippen molar-refractivity contribution in [1.29, 1.82) is 0 Å². The van der Waals surface area contributed by atoms with E-state index in [2.05, 4.69) is 16.0 Å². The lowest BCUT2D eigenvalue weighted by Gasteiger charge is -2.56. The average Bonchev–Trinajstić information content (AvgIpc) is 2.91. The lowest BCUT2D eigenvalue weighted by atomic mass is 9.53. The van der Waals surface area contributed by atoms with Crippen LogP contribution < -0.4 is 25.4 Å². The topological polar surface area (TPSA) is 88.7 Å². The molecule has 0 aromatic heterocycles. The van der Waals surface area contributed by atoms with E-state index in [4.69, 9.17) is 9.47 Å². The van der Waals surface area contributed by atoms with Crippen molar-refractivity contribution in [1.82, 2.24) is 10.6 Å². The van der Waals surface area contributed by atoms with Crippen molar-refractivity contribution in [3.63, 3.8) is 0 Å². The third-order valence-electron chi connectivity index (χ3n) is 7.18. The Bertz CT molecular complexity index is 804. The molecule has 0 spiro atoms. The Labute approximate surface area is 177 Å². The number of hydrogen-bond acceptors (Lipinski definition) is 5. The molecular formula is C23H31N3O4. The fourth-order valence-electron chi connectivity index (χ4n) is 6.32. The highest BCUT2D eigenvalue weighted by Crippen LogP contribution is 2.55. The Morgan fingerprint density at radius 1 is 1.00 bits per heavy atom. The standard InChI is InChI=1S/C23H31N3O4/c1-14(24-18-3-4-19-20(10-18)30-6-2-5-29-19)21(27)25-22(28)26-23-11-15-7-16(12-23)9-17(8-15)13-23/h3-4,10,14-17,24H,2,5-9,11-13H2,1H3,(H2,25,26,27,28)/t14-,15?,16?,17?,23?/m1/s1. The molecule has 162 valence electrons. The molecular weight excluding hydrogens is 382 g/mol. The van der Waals surface area contributed by atoms with Crippen molar-refractivity contribution in [3.05, 3.63) is 18.2 Å². The molecule has 0 unspecified atom stereocenters. The van der Waals surface area contributed by atoms with Gasteiger partial charge in [0.25, 0.3) is 0 Å². The van der Waals surface area contributed by atoms with Gasteiger partial charge in [-0.1, -0.05) is 0 Å². The number of carbonyl (C=O) groups excluding carboxylic acids is 2. The zero-order valence-corrected chi connectivity index (χ0v) is 17.5. The molecule has 1 aliphatic heterocycles. The predicted molar refractivity (Wildman–Crippen MR) is 113 cm³/mol. The van der Waals surface area contributed by atoms with Crippen LogP contribution in [0.5, 0.6) is 11.5 Å². The van der Waals surface area contributed by atoms with E-state index in [0.29, 0.717) is 24.7 Å². The maximum Gasteiger partial charge on any atom is 0.321 e. The normalized spacial score (nSPS) is 32.1. The van der Waals surface area contributed by atoms with Gasteiger partial charge >= 0.3 is 6.03 Å². The van der Waals surface area contributed by atoms with Gasteiger partial charge in [0, 0.05) is 23.7 Å². The number of urea groups is 1. The smallest absolute Gasteiger partial charge is 0.321 e. The van der Waals surface area contributed by atoms with Gasteiger partial charge in [-0.2, -0.15) is 0 Å². The van der Waals surface area contributed by atoms with Crippen LogP contribution in [0.2, 0.25) is 0 Å². The first-order valence-electron chi connectivity index (χ1n) is 11.3. The maximum atomic E-state index is 12.6. The summed E-state index contributed by atoms with van der Waals surface area (Å²) >= 11 is 0. The first-order chi connectivity index (χ1) is 14.5. The molecule has 7 heteroatoms. The number of fused-ring (bicyclic) bond motifs is 1. The second-order valence-electron chi connectivity index (χ2n) is 9.72. The minimum absolute atomic E-state index is 0.107. The van der Waals surface area contributed by atoms with Crippen LogP contribution in [-0.2, 0) is 4.79 Å². The number of anilines is 1. The number of hydrogen-bond donors (Lipinski definition) is 3. The Morgan fingerprint density at radius 2 is 1.63 bits per heavy atom. The van der Waals surface area contributed by atoms with Crippen LogP contribution >= 0.6 is 0 Å². The molecule has 30 heavy (non-hydrogen) atoms. The van der Waals surface area contributed by atoms with E-state index in [0.717, 1.165) is 49.1 Å². The third-order valence-corrected chi connectivity index (χ3v) is 7.18. The summed E-state index contributed by atoms with van der Waals surface area (Å²) in [5.41, 5.74) is 0.646. The van der Waals surface area contributed by atoms with Crippen LogP contribution in [0.3, 0.4) is 0 Å². The van der Waals surface area contributed by atoms with E-state index in [1.54, 1.807) is 6.92 Å². The van der Waals surface area contributed by atoms with Crippen LogP contribution in [0, 0.1) is 17.8 Å². The largest absolute Gasteiger partial charge is 0.490 e. The van der Waals surface area contributed by atoms with E-state index < -0.39 is 6.04 Å². The van der Waals surface area contributed by atoms with Gasteiger partial charge < -0.3 is 20.1 Å². The minimum atomic E-state index is -0.558. The molecule has 0 saturated heterocycles. The van der Waals surface area contributed by atoms with Crippen molar-refractivity contribution < 1.29 is 19.1 Å². The lowest BCUT2D eigenvalue weighted by molar-refractivity contribution is -0.120. The molecule has 5 aliphatic rings. The molecule has 4 saturated carbocycles.